The molecule has 2 aliphatic rings. The summed E-state index contributed by atoms with van der Waals surface area (Å²) >= 11 is 0. The Hall–Kier alpha value is -0.260. The van der Waals surface area contributed by atoms with Gasteiger partial charge in [-0.15, -0.1) is 0 Å². The quantitative estimate of drug-likeness (QED) is 0.480. The van der Waals surface area contributed by atoms with Gasteiger partial charge in [0.15, 0.2) is 0 Å². The van der Waals surface area contributed by atoms with Gasteiger partial charge in [0.25, 0.3) is 0 Å². The van der Waals surface area contributed by atoms with Gasteiger partial charge in [0, 0.05) is 0 Å². The Kier molecular flexibility index (Phi) is 4.89. The summed E-state index contributed by atoms with van der Waals surface area (Å²) in [5.74, 6) is 2.68. The van der Waals surface area contributed by atoms with Crippen molar-refractivity contribution in [1.82, 2.24) is 0 Å². The molecular weight excluding hydrogens is 180 g/mol. The highest BCUT2D eigenvalue weighted by atomic mass is 14.3. The predicted molar refractivity (Wildman–Crippen MR) is 69.0 cm³/mol. The third-order valence-electron chi connectivity index (χ3n) is 4.14. The normalized spacial score (nSPS) is 35.4. The molecule has 3 unspecified atom stereocenters. The van der Waals surface area contributed by atoms with Crippen LogP contribution < -0.4 is 0 Å². The summed E-state index contributed by atoms with van der Waals surface area (Å²) in [6.07, 6.45) is 7.16. The molecule has 2 aliphatic carbocycles. The fourth-order valence-corrected chi connectivity index (χ4v) is 3.38. The van der Waals surface area contributed by atoms with Crippen molar-refractivity contribution < 1.29 is 0 Å². The Balaban J connectivity index is 0.000000531. The maximum Gasteiger partial charge on any atom is -0.0226 e. The van der Waals surface area contributed by atoms with Crippen LogP contribution in [0.4, 0.5) is 0 Å². The molecule has 0 bridgehead atoms. The molecule has 0 nitrogen and oxygen atoms in total. The van der Waals surface area contributed by atoms with E-state index in [1.54, 1.807) is 0 Å². The van der Waals surface area contributed by atoms with Crippen molar-refractivity contribution in [2.45, 2.75) is 66.7 Å². The van der Waals surface area contributed by atoms with Gasteiger partial charge in [0.2, 0.25) is 0 Å². The van der Waals surface area contributed by atoms with Crippen LogP contribution >= 0.6 is 0 Å². The molecule has 0 radical (unpaired) electrons. The van der Waals surface area contributed by atoms with E-state index in [4.69, 9.17) is 0 Å². The second-order valence-electron chi connectivity index (χ2n) is 5.15. The second-order valence-corrected chi connectivity index (χ2v) is 5.15. The molecule has 0 aliphatic heterocycles. The lowest BCUT2D eigenvalue weighted by Gasteiger charge is -2.37. The topological polar surface area (TPSA) is 0 Å². The second kappa shape index (κ2) is 5.72. The van der Waals surface area contributed by atoms with Crippen molar-refractivity contribution in [3.05, 3.63) is 11.1 Å². The molecule has 15 heavy (non-hydrogen) atoms. The van der Waals surface area contributed by atoms with Crippen LogP contribution in [-0.2, 0) is 0 Å². The van der Waals surface area contributed by atoms with Crippen LogP contribution in [-0.4, -0.2) is 0 Å². The fourth-order valence-electron chi connectivity index (χ4n) is 3.38. The molecule has 0 amide bonds. The van der Waals surface area contributed by atoms with E-state index in [1.807, 2.05) is 25.0 Å². The first-order valence-electron chi connectivity index (χ1n) is 6.93. The molecule has 0 aromatic rings. The average molecular weight is 208 g/mol. The molecular formula is C15H28. The van der Waals surface area contributed by atoms with E-state index < -0.39 is 0 Å². The first kappa shape index (κ1) is 12.8. The third kappa shape index (κ3) is 2.65. The first-order chi connectivity index (χ1) is 7.20. The molecule has 0 saturated carbocycles. The van der Waals surface area contributed by atoms with Crippen LogP contribution in [0.5, 0.6) is 0 Å². The highest BCUT2D eigenvalue weighted by Crippen LogP contribution is 2.44. The summed E-state index contributed by atoms with van der Waals surface area (Å²) in [5.41, 5.74) is 3.70. The van der Waals surface area contributed by atoms with Gasteiger partial charge in [-0.1, -0.05) is 45.8 Å². The molecule has 0 spiro atoms. The van der Waals surface area contributed by atoms with Crippen molar-refractivity contribution in [3.63, 3.8) is 0 Å². The summed E-state index contributed by atoms with van der Waals surface area (Å²) in [5, 5.41) is 0. The first-order valence-corrected chi connectivity index (χ1v) is 6.93. The molecule has 88 valence electrons. The van der Waals surface area contributed by atoms with E-state index in [0.717, 1.165) is 17.8 Å². The molecule has 0 fully saturated rings. The zero-order chi connectivity index (χ0) is 11.4. The van der Waals surface area contributed by atoms with E-state index >= 15 is 0 Å². The molecule has 0 saturated heterocycles. The van der Waals surface area contributed by atoms with Crippen molar-refractivity contribution in [1.29, 1.82) is 0 Å². The number of allylic oxidation sites excluding steroid dienone is 2. The van der Waals surface area contributed by atoms with E-state index in [-0.39, 0.29) is 0 Å². The predicted octanol–water partition coefficient (Wildman–Crippen LogP) is 5.20. The summed E-state index contributed by atoms with van der Waals surface area (Å²) in [6, 6.07) is 0. The lowest BCUT2D eigenvalue weighted by molar-refractivity contribution is 0.364. The van der Waals surface area contributed by atoms with Gasteiger partial charge >= 0.3 is 0 Å². The summed E-state index contributed by atoms with van der Waals surface area (Å²) < 4.78 is 0. The van der Waals surface area contributed by atoms with Gasteiger partial charge in [0.1, 0.15) is 0 Å². The lowest BCUT2D eigenvalue weighted by Crippen LogP contribution is -2.23. The highest BCUT2D eigenvalue weighted by molar-refractivity contribution is 5.26. The molecule has 0 aromatic heterocycles. The minimum atomic E-state index is 0.890. The average Bonchev–Trinajstić information content (AvgIpc) is 2.26. The van der Waals surface area contributed by atoms with Crippen LogP contribution in [0.25, 0.3) is 0 Å². The van der Waals surface area contributed by atoms with Crippen LogP contribution in [0.2, 0.25) is 0 Å². The monoisotopic (exact) mass is 208 g/mol. The van der Waals surface area contributed by atoms with E-state index in [9.17, 15) is 0 Å². The van der Waals surface area contributed by atoms with Gasteiger partial charge in [-0.3, -0.25) is 0 Å². The Morgan fingerprint density at radius 1 is 0.800 bits per heavy atom. The van der Waals surface area contributed by atoms with Gasteiger partial charge in [-0.05, 0) is 49.9 Å². The molecule has 0 aromatic carbocycles. The zero-order valence-corrected chi connectivity index (χ0v) is 11.3. The van der Waals surface area contributed by atoms with Crippen LogP contribution in [0.1, 0.15) is 66.7 Å². The SMILES string of the molecule is CC.CC1CCC(C)C2=C1CCCC2C. The summed E-state index contributed by atoms with van der Waals surface area (Å²) in [7, 11) is 0. The minimum absolute atomic E-state index is 0.890. The Bertz CT molecular complexity index is 218. The minimum Gasteiger partial charge on any atom is -0.0683 e. The third-order valence-corrected chi connectivity index (χ3v) is 4.14. The number of hydrogen-bond acceptors (Lipinski definition) is 0. The summed E-state index contributed by atoms with van der Waals surface area (Å²) in [6.45, 7) is 11.3. The number of hydrogen-bond donors (Lipinski definition) is 0. The van der Waals surface area contributed by atoms with Crippen molar-refractivity contribution >= 4 is 0 Å². The molecule has 0 heterocycles. The highest BCUT2D eigenvalue weighted by Gasteiger charge is 2.29. The van der Waals surface area contributed by atoms with Crippen molar-refractivity contribution in [3.8, 4) is 0 Å². The van der Waals surface area contributed by atoms with Crippen molar-refractivity contribution in [2.75, 3.05) is 0 Å². The van der Waals surface area contributed by atoms with Crippen LogP contribution in [0.15, 0.2) is 11.1 Å². The number of rotatable bonds is 0. The Morgan fingerprint density at radius 3 is 1.93 bits per heavy atom. The Labute approximate surface area is 96.2 Å². The molecule has 0 N–H and O–H groups in total. The molecule has 2 rings (SSSR count). The lowest BCUT2D eigenvalue weighted by atomic mass is 9.68. The van der Waals surface area contributed by atoms with Crippen LogP contribution in [0, 0.1) is 17.8 Å². The van der Waals surface area contributed by atoms with Gasteiger partial charge < -0.3 is 0 Å². The zero-order valence-electron chi connectivity index (χ0n) is 11.3. The van der Waals surface area contributed by atoms with Gasteiger partial charge in [0.05, 0.1) is 0 Å². The maximum atomic E-state index is 2.43. The summed E-state index contributed by atoms with van der Waals surface area (Å²) in [4.78, 5) is 0. The van der Waals surface area contributed by atoms with Gasteiger partial charge in [-0.25, -0.2) is 0 Å². The van der Waals surface area contributed by atoms with E-state index in [0.29, 0.717) is 0 Å². The Morgan fingerprint density at radius 2 is 1.33 bits per heavy atom. The maximum absolute atomic E-state index is 2.43. The van der Waals surface area contributed by atoms with Gasteiger partial charge in [-0.2, -0.15) is 0 Å². The molecule has 3 atom stereocenters. The fraction of sp³-hybridized carbons (Fsp3) is 0.867. The largest absolute Gasteiger partial charge is 0.0683 e. The smallest absolute Gasteiger partial charge is 0.0226 e. The van der Waals surface area contributed by atoms with E-state index in [1.165, 1.54) is 32.1 Å². The van der Waals surface area contributed by atoms with Crippen LogP contribution in [0.3, 0.4) is 0 Å². The van der Waals surface area contributed by atoms with Crippen molar-refractivity contribution in [2.24, 2.45) is 17.8 Å². The standard InChI is InChI=1S/C13H22.C2H6/c1-9-7-8-11(3)13-10(2)5-4-6-12(9)13;1-2/h9-11H,4-8H2,1-3H3;1-2H3. The molecule has 0 heteroatoms. The van der Waals surface area contributed by atoms with E-state index in [2.05, 4.69) is 20.8 Å².